The second-order valence-electron chi connectivity index (χ2n) is 8.21. The molecule has 1 aromatic carbocycles. The van der Waals surface area contributed by atoms with E-state index in [1.165, 1.54) is 21.8 Å². The monoisotopic (exact) mass is 437 g/mol. The zero-order valence-electron chi connectivity index (χ0n) is 17.7. The second kappa shape index (κ2) is 9.18. The molecule has 0 bridgehead atoms. The molecule has 2 amide bonds. The summed E-state index contributed by atoms with van der Waals surface area (Å²) < 4.78 is 0. The SMILES string of the molecule is CC(C(=O)Nc1sc2c(c1C(N)=O)CCC2)N1CCN(Cc2ccc(C#N)cc2)CC1. The summed E-state index contributed by atoms with van der Waals surface area (Å²) in [4.78, 5) is 30.6. The number of fused-ring (bicyclic) bond motifs is 1. The van der Waals surface area contributed by atoms with Gasteiger partial charge in [0, 0.05) is 37.6 Å². The van der Waals surface area contributed by atoms with Crippen LogP contribution in [0.15, 0.2) is 24.3 Å². The van der Waals surface area contributed by atoms with Gasteiger partial charge in [0.2, 0.25) is 5.91 Å². The summed E-state index contributed by atoms with van der Waals surface area (Å²) in [7, 11) is 0. The minimum absolute atomic E-state index is 0.0945. The molecule has 162 valence electrons. The quantitative estimate of drug-likeness (QED) is 0.722. The van der Waals surface area contributed by atoms with Crippen molar-refractivity contribution in [2.24, 2.45) is 5.73 Å². The molecule has 1 aliphatic carbocycles. The van der Waals surface area contributed by atoms with Crippen molar-refractivity contribution in [1.82, 2.24) is 9.80 Å². The lowest BCUT2D eigenvalue weighted by Crippen LogP contribution is -2.52. The van der Waals surface area contributed by atoms with Crippen LogP contribution >= 0.6 is 11.3 Å². The Bertz CT molecular complexity index is 1020. The summed E-state index contributed by atoms with van der Waals surface area (Å²) in [6, 6.07) is 9.54. The van der Waals surface area contributed by atoms with Gasteiger partial charge in [-0.05, 0) is 49.4 Å². The number of nitrogens with one attached hydrogen (secondary N) is 1. The third-order valence-corrected chi connectivity index (χ3v) is 7.43. The number of benzene rings is 1. The molecule has 1 atom stereocenters. The standard InChI is InChI=1S/C23H27N5O2S/c1-15(22(30)26-23-20(21(25)29)18-3-2-4-19(18)31-23)28-11-9-27(10-12-28)14-17-7-5-16(13-24)6-8-17/h5-8,15H,2-4,9-12,14H2,1H3,(H2,25,29)(H,26,30). The van der Waals surface area contributed by atoms with Crippen LogP contribution in [0.25, 0.3) is 0 Å². The number of carbonyl (C=O) groups is 2. The summed E-state index contributed by atoms with van der Waals surface area (Å²) in [6.45, 7) is 6.09. The molecule has 2 heterocycles. The lowest BCUT2D eigenvalue weighted by atomic mass is 10.1. The molecule has 2 aromatic rings. The fourth-order valence-corrected chi connectivity index (χ4v) is 5.68. The maximum absolute atomic E-state index is 12.9. The molecule has 0 saturated carbocycles. The third kappa shape index (κ3) is 4.64. The Kier molecular flexibility index (Phi) is 6.37. The highest BCUT2D eigenvalue weighted by Crippen LogP contribution is 2.38. The number of nitriles is 1. The van der Waals surface area contributed by atoms with Gasteiger partial charge in [0.1, 0.15) is 5.00 Å². The van der Waals surface area contributed by atoms with E-state index in [0.29, 0.717) is 16.1 Å². The average molecular weight is 438 g/mol. The van der Waals surface area contributed by atoms with E-state index < -0.39 is 5.91 Å². The summed E-state index contributed by atoms with van der Waals surface area (Å²) in [6.07, 6.45) is 2.85. The molecule has 4 rings (SSSR count). The highest BCUT2D eigenvalue weighted by Gasteiger charge is 2.29. The molecule has 0 spiro atoms. The van der Waals surface area contributed by atoms with Crippen LogP contribution in [-0.4, -0.2) is 53.8 Å². The van der Waals surface area contributed by atoms with Crippen LogP contribution in [0.1, 0.15) is 45.3 Å². The lowest BCUT2D eigenvalue weighted by Gasteiger charge is -2.37. The van der Waals surface area contributed by atoms with Crippen LogP contribution in [0.5, 0.6) is 0 Å². The summed E-state index contributed by atoms with van der Waals surface area (Å²) in [5, 5.41) is 12.5. The first-order valence-corrected chi connectivity index (χ1v) is 11.5. The molecule has 1 aliphatic heterocycles. The minimum Gasteiger partial charge on any atom is -0.365 e. The number of nitrogens with two attached hydrogens (primary N) is 1. The molecule has 7 nitrogen and oxygen atoms in total. The maximum Gasteiger partial charge on any atom is 0.251 e. The number of thiophene rings is 1. The number of piperazine rings is 1. The Morgan fingerprint density at radius 3 is 2.55 bits per heavy atom. The molecule has 0 radical (unpaired) electrons. The van der Waals surface area contributed by atoms with Gasteiger partial charge in [0.15, 0.2) is 0 Å². The zero-order valence-corrected chi connectivity index (χ0v) is 18.5. The van der Waals surface area contributed by atoms with Gasteiger partial charge in [-0.15, -0.1) is 11.3 Å². The number of amides is 2. The number of rotatable bonds is 6. The molecule has 1 unspecified atom stereocenters. The molecule has 1 fully saturated rings. The Morgan fingerprint density at radius 2 is 1.90 bits per heavy atom. The fraction of sp³-hybridized carbons (Fsp3) is 0.435. The van der Waals surface area contributed by atoms with Crippen LogP contribution in [0.2, 0.25) is 0 Å². The van der Waals surface area contributed by atoms with Gasteiger partial charge in [0.25, 0.3) is 5.91 Å². The first-order valence-electron chi connectivity index (χ1n) is 10.7. The van der Waals surface area contributed by atoms with Crippen molar-refractivity contribution in [3.8, 4) is 6.07 Å². The van der Waals surface area contributed by atoms with Crippen LogP contribution in [-0.2, 0) is 24.2 Å². The minimum atomic E-state index is -0.459. The first kappa shape index (κ1) is 21.5. The molecule has 3 N–H and O–H groups in total. The topological polar surface area (TPSA) is 102 Å². The summed E-state index contributed by atoms with van der Waals surface area (Å²) in [5.41, 5.74) is 8.99. The van der Waals surface area contributed by atoms with E-state index in [-0.39, 0.29) is 11.9 Å². The zero-order chi connectivity index (χ0) is 22.0. The van der Waals surface area contributed by atoms with Crippen LogP contribution in [0.3, 0.4) is 0 Å². The predicted octanol–water partition coefficient (Wildman–Crippen LogP) is 2.35. The number of hydrogen-bond acceptors (Lipinski definition) is 6. The van der Waals surface area contributed by atoms with Crippen molar-refractivity contribution < 1.29 is 9.59 Å². The van der Waals surface area contributed by atoms with Gasteiger partial charge in [-0.25, -0.2) is 0 Å². The first-order chi connectivity index (χ1) is 15.0. The van der Waals surface area contributed by atoms with Crippen LogP contribution < -0.4 is 11.1 Å². The van der Waals surface area contributed by atoms with E-state index in [1.807, 2.05) is 31.2 Å². The second-order valence-corrected chi connectivity index (χ2v) is 9.32. The van der Waals surface area contributed by atoms with Crippen molar-refractivity contribution in [2.75, 3.05) is 31.5 Å². The maximum atomic E-state index is 12.9. The number of aryl methyl sites for hydroxylation is 1. The van der Waals surface area contributed by atoms with Crippen molar-refractivity contribution in [3.63, 3.8) is 0 Å². The van der Waals surface area contributed by atoms with Gasteiger partial charge in [-0.2, -0.15) is 5.26 Å². The molecule has 1 saturated heterocycles. The Morgan fingerprint density at radius 1 is 1.19 bits per heavy atom. The lowest BCUT2D eigenvalue weighted by molar-refractivity contribution is -0.121. The normalized spacial score (nSPS) is 17.7. The fourth-order valence-electron chi connectivity index (χ4n) is 4.39. The molecule has 2 aliphatic rings. The third-order valence-electron chi connectivity index (χ3n) is 6.23. The van der Waals surface area contributed by atoms with E-state index >= 15 is 0 Å². The van der Waals surface area contributed by atoms with Crippen LogP contribution in [0, 0.1) is 11.3 Å². The van der Waals surface area contributed by atoms with Crippen molar-refractivity contribution >= 4 is 28.2 Å². The number of carbonyl (C=O) groups excluding carboxylic acids is 2. The van der Waals surface area contributed by atoms with E-state index in [0.717, 1.165) is 57.5 Å². The highest BCUT2D eigenvalue weighted by atomic mass is 32.1. The van der Waals surface area contributed by atoms with E-state index in [2.05, 4.69) is 21.2 Å². The summed E-state index contributed by atoms with van der Waals surface area (Å²) >= 11 is 1.49. The average Bonchev–Trinajstić information content (AvgIpc) is 3.35. The van der Waals surface area contributed by atoms with Crippen molar-refractivity contribution in [1.29, 1.82) is 5.26 Å². The Hall–Kier alpha value is -2.73. The number of nitrogens with zero attached hydrogens (tertiary/aromatic N) is 3. The van der Waals surface area contributed by atoms with Gasteiger partial charge < -0.3 is 11.1 Å². The predicted molar refractivity (Wildman–Crippen MR) is 121 cm³/mol. The van der Waals surface area contributed by atoms with Crippen molar-refractivity contribution in [3.05, 3.63) is 51.4 Å². The summed E-state index contributed by atoms with van der Waals surface area (Å²) in [5.74, 6) is -0.554. The molecule has 31 heavy (non-hydrogen) atoms. The van der Waals surface area contributed by atoms with Gasteiger partial charge in [-0.3, -0.25) is 19.4 Å². The van der Waals surface area contributed by atoms with Gasteiger partial charge in [0.05, 0.1) is 23.2 Å². The van der Waals surface area contributed by atoms with E-state index in [4.69, 9.17) is 11.0 Å². The van der Waals surface area contributed by atoms with Gasteiger partial charge in [-0.1, -0.05) is 12.1 Å². The number of hydrogen-bond donors (Lipinski definition) is 2. The molecular formula is C23H27N5O2S. The smallest absolute Gasteiger partial charge is 0.251 e. The van der Waals surface area contributed by atoms with Gasteiger partial charge >= 0.3 is 0 Å². The Balaban J connectivity index is 1.32. The van der Waals surface area contributed by atoms with E-state index in [1.54, 1.807) is 0 Å². The molecular weight excluding hydrogens is 410 g/mol. The van der Waals surface area contributed by atoms with Crippen LogP contribution in [0.4, 0.5) is 5.00 Å². The Labute approximate surface area is 186 Å². The van der Waals surface area contributed by atoms with Crippen molar-refractivity contribution in [2.45, 2.75) is 38.8 Å². The molecule has 1 aromatic heterocycles. The van der Waals surface area contributed by atoms with E-state index in [9.17, 15) is 9.59 Å². The number of primary amides is 1. The number of anilines is 1. The molecule has 8 heteroatoms. The highest BCUT2D eigenvalue weighted by molar-refractivity contribution is 7.17. The largest absolute Gasteiger partial charge is 0.365 e.